The molecule has 0 aromatic heterocycles. The third kappa shape index (κ3) is 3.30. The van der Waals surface area contributed by atoms with E-state index in [2.05, 4.69) is 0 Å². The van der Waals surface area contributed by atoms with Gasteiger partial charge in [-0.05, 0) is 48.4 Å². The van der Waals surface area contributed by atoms with Crippen LogP contribution in [0.4, 0.5) is 4.39 Å². The van der Waals surface area contributed by atoms with Crippen molar-refractivity contribution in [3.63, 3.8) is 0 Å². The third-order valence-corrected chi connectivity index (χ3v) is 6.24. The highest BCUT2D eigenvalue weighted by atomic mass is 19.1. The zero-order chi connectivity index (χ0) is 19.7. The van der Waals surface area contributed by atoms with Gasteiger partial charge in [0.15, 0.2) is 0 Å². The normalized spacial score (nSPS) is 23.1. The van der Waals surface area contributed by atoms with Crippen molar-refractivity contribution in [2.75, 3.05) is 20.2 Å². The fraction of sp³-hybridized carbons (Fsp3) is 0.391. The van der Waals surface area contributed by atoms with E-state index in [0.29, 0.717) is 25.9 Å². The van der Waals surface area contributed by atoms with E-state index in [1.54, 1.807) is 12.1 Å². The molecule has 1 amide bonds. The number of amides is 1. The Hall–Kier alpha value is -2.69. The molecule has 0 radical (unpaired) electrons. The molecule has 2 unspecified atom stereocenters. The smallest absolute Gasteiger partial charge is 0.316 e. The predicted molar refractivity (Wildman–Crippen MR) is 103 cm³/mol. The molecule has 1 saturated carbocycles. The van der Waals surface area contributed by atoms with E-state index in [-0.39, 0.29) is 29.5 Å². The van der Waals surface area contributed by atoms with Crippen LogP contribution in [0.1, 0.15) is 36.3 Å². The molecule has 2 atom stereocenters. The van der Waals surface area contributed by atoms with Gasteiger partial charge in [-0.2, -0.15) is 0 Å². The summed E-state index contributed by atoms with van der Waals surface area (Å²) in [5.74, 6) is -0.215. The van der Waals surface area contributed by atoms with Crippen molar-refractivity contribution in [3.8, 4) is 0 Å². The zero-order valence-electron chi connectivity index (χ0n) is 15.9. The Balaban J connectivity index is 1.44. The number of nitrogens with zero attached hydrogens (tertiary/aromatic N) is 1. The van der Waals surface area contributed by atoms with Crippen LogP contribution in [0.25, 0.3) is 0 Å². The quantitative estimate of drug-likeness (QED) is 0.760. The molecule has 1 heterocycles. The summed E-state index contributed by atoms with van der Waals surface area (Å²) in [7, 11) is 1.42. The minimum absolute atomic E-state index is 0.0344. The Morgan fingerprint density at radius 3 is 2.29 bits per heavy atom. The minimum atomic E-state index is -0.688. The molecule has 2 aromatic carbocycles. The highest BCUT2D eigenvalue weighted by Crippen LogP contribution is 2.49. The number of piperidine rings is 1. The Morgan fingerprint density at radius 1 is 1.04 bits per heavy atom. The highest BCUT2D eigenvalue weighted by molar-refractivity contribution is 5.86. The van der Waals surface area contributed by atoms with E-state index >= 15 is 0 Å². The van der Waals surface area contributed by atoms with Gasteiger partial charge in [-0.15, -0.1) is 0 Å². The second-order valence-corrected chi connectivity index (χ2v) is 7.77. The number of halogens is 1. The second-order valence-electron chi connectivity index (χ2n) is 7.77. The van der Waals surface area contributed by atoms with Crippen LogP contribution in [-0.4, -0.2) is 37.0 Å². The lowest BCUT2D eigenvalue weighted by Gasteiger charge is -2.40. The molecule has 0 N–H and O–H groups in total. The van der Waals surface area contributed by atoms with E-state index in [1.807, 2.05) is 35.2 Å². The molecule has 1 aliphatic heterocycles. The lowest BCUT2D eigenvalue weighted by Crippen LogP contribution is -2.50. The summed E-state index contributed by atoms with van der Waals surface area (Å²) in [5.41, 5.74) is 1.28. The SMILES string of the molecule is COC(=O)C1(c2ccccc2)CCN(C(=O)C2CC2c2ccc(F)cc2)CC1. The van der Waals surface area contributed by atoms with Gasteiger partial charge in [-0.3, -0.25) is 9.59 Å². The van der Waals surface area contributed by atoms with Gasteiger partial charge in [0.1, 0.15) is 5.82 Å². The largest absolute Gasteiger partial charge is 0.468 e. The minimum Gasteiger partial charge on any atom is -0.468 e. The van der Waals surface area contributed by atoms with Gasteiger partial charge in [0, 0.05) is 19.0 Å². The van der Waals surface area contributed by atoms with Crippen LogP contribution in [-0.2, 0) is 19.7 Å². The number of ether oxygens (including phenoxy) is 1. The van der Waals surface area contributed by atoms with Crippen LogP contribution < -0.4 is 0 Å². The van der Waals surface area contributed by atoms with E-state index in [1.165, 1.54) is 19.2 Å². The summed E-state index contributed by atoms with van der Waals surface area (Å²) >= 11 is 0. The van der Waals surface area contributed by atoms with Crippen molar-refractivity contribution in [2.45, 2.75) is 30.6 Å². The molecule has 4 rings (SSSR count). The first-order chi connectivity index (χ1) is 13.5. The first-order valence-corrected chi connectivity index (χ1v) is 9.73. The molecule has 1 aliphatic carbocycles. The molecule has 2 fully saturated rings. The molecule has 146 valence electrons. The fourth-order valence-corrected chi connectivity index (χ4v) is 4.45. The first-order valence-electron chi connectivity index (χ1n) is 9.73. The lowest BCUT2D eigenvalue weighted by atomic mass is 9.72. The number of hydrogen-bond acceptors (Lipinski definition) is 3. The highest BCUT2D eigenvalue weighted by Gasteiger charge is 2.49. The van der Waals surface area contributed by atoms with Gasteiger partial charge in [0.25, 0.3) is 0 Å². The Morgan fingerprint density at radius 2 is 1.68 bits per heavy atom. The van der Waals surface area contributed by atoms with Crippen LogP contribution in [0.5, 0.6) is 0 Å². The number of carbonyl (C=O) groups excluding carboxylic acids is 2. The van der Waals surface area contributed by atoms with E-state index in [9.17, 15) is 14.0 Å². The fourth-order valence-electron chi connectivity index (χ4n) is 4.45. The number of likely N-dealkylation sites (tertiary alicyclic amines) is 1. The summed E-state index contributed by atoms with van der Waals surface area (Å²) in [6, 6.07) is 16.1. The van der Waals surface area contributed by atoms with Crippen molar-refractivity contribution in [2.24, 2.45) is 5.92 Å². The maximum absolute atomic E-state index is 13.1. The molecule has 1 saturated heterocycles. The predicted octanol–water partition coefficient (Wildman–Crippen LogP) is 3.66. The molecular weight excluding hydrogens is 357 g/mol. The number of hydrogen-bond donors (Lipinski definition) is 0. The molecule has 2 aliphatic rings. The molecule has 28 heavy (non-hydrogen) atoms. The number of esters is 1. The summed E-state index contributed by atoms with van der Waals surface area (Å²) in [6.45, 7) is 1.07. The number of rotatable bonds is 4. The molecule has 4 nitrogen and oxygen atoms in total. The van der Waals surface area contributed by atoms with E-state index in [0.717, 1.165) is 17.5 Å². The first kappa shape index (κ1) is 18.7. The zero-order valence-corrected chi connectivity index (χ0v) is 15.9. The van der Waals surface area contributed by atoms with Gasteiger partial charge < -0.3 is 9.64 Å². The maximum atomic E-state index is 13.1. The molecule has 2 aromatic rings. The maximum Gasteiger partial charge on any atom is 0.316 e. The number of methoxy groups -OCH3 is 1. The molecule has 0 spiro atoms. The monoisotopic (exact) mass is 381 g/mol. The molecule has 5 heteroatoms. The molecular formula is C23H24FNO3. The van der Waals surface area contributed by atoms with Crippen molar-refractivity contribution in [1.29, 1.82) is 0 Å². The Bertz CT molecular complexity index is 857. The topological polar surface area (TPSA) is 46.6 Å². The van der Waals surface area contributed by atoms with Crippen molar-refractivity contribution >= 4 is 11.9 Å². The average Bonchev–Trinajstić information content (AvgIpc) is 3.55. The van der Waals surface area contributed by atoms with Crippen LogP contribution in [0.15, 0.2) is 54.6 Å². The van der Waals surface area contributed by atoms with Crippen molar-refractivity contribution < 1.29 is 18.7 Å². The van der Waals surface area contributed by atoms with Gasteiger partial charge in [0.05, 0.1) is 12.5 Å². The standard InChI is InChI=1S/C23H24FNO3/c1-28-22(27)23(17-5-3-2-4-6-17)11-13-25(14-12-23)21(26)20-15-19(20)16-7-9-18(24)10-8-16/h2-10,19-20H,11-15H2,1H3. The summed E-state index contributed by atoms with van der Waals surface area (Å²) in [6.07, 6.45) is 1.93. The summed E-state index contributed by atoms with van der Waals surface area (Å²) < 4.78 is 18.2. The summed E-state index contributed by atoms with van der Waals surface area (Å²) in [4.78, 5) is 27.4. The van der Waals surface area contributed by atoms with Crippen LogP contribution in [0.3, 0.4) is 0 Å². The second kappa shape index (κ2) is 7.38. The number of carbonyl (C=O) groups is 2. The number of benzene rings is 2. The van der Waals surface area contributed by atoms with Crippen molar-refractivity contribution in [3.05, 3.63) is 71.5 Å². The molecule has 0 bridgehead atoms. The lowest BCUT2D eigenvalue weighted by molar-refractivity contribution is -0.151. The Kier molecular flexibility index (Phi) is 4.92. The van der Waals surface area contributed by atoms with E-state index < -0.39 is 5.41 Å². The van der Waals surface area contributed by atoms with Crippen molar-refractivity contribution in [1.82, 2.24) is 4.90 Å². The van der Waals surface area contributed by atoms with Gasteiger partial charge >= 0.3 is 5.97 Å². The van der Waals surface area contributed by atoms with E-state index in [4.69, 9.17) is 4.74 Å². The van der Waals surface area contributed by atoms with Crippen LogP contribution >= 0.6 is 0 Å². The van der Waals surface area contributed by atoms with Crippen LogP contribution in [0, 0.1) is 11.7 Å². The third-order valence-electron chi connectivity index (χ3n) is 6.24. The summed E-state index contributed by atoms with van der Waals surface area (Å²) in [5, 5.41) is 0. The van der Waals surface area contributed by atoms with Gasteiger partial charge in [-0.1, -0.05) is 42.5 Å². The van der Waals surface area contributed by atoms with Crippen LogP contribution in [0.2, 0.25) is 0 Å². The van der Waals surface area contributed by atoms with Gasteiger partial charge in [0.2, 0.25) is 5.91 Å². The van der Waals surface area contributed by atoms with Gasteiger partial charge in [-0.25, -0.2) is 4.39 Å². The average molecular weight is 381 g/mol. The Labute approximate surface area is 164 Å².